The van der Waals surface area contributed by atoms with Crippen LogP contribution in [-0.4, -0.2) is 29.9 Å². The Morgan fingerprint density at radius 1 is 1.47 bits per heavy atom. The summed E-state index contributed by atoms with van der Waals surface area (Å²) in [5.74, 6) is -5.52. The van der Waals surface area contributed by atoms with E-state index in [9.17, 15) is 18.3 Å². The van der Waals surface area contributed by atoms with E-state index in [1.807, 2.05) is 0 Å². The highest BCUT2D eigenvalue weighted by atomic mass is 19.3. The van der Waals surface area contributed by atoms with Gasteiger partial charge in [0.1, 0.15) is 18.5 Å². The predicted molar refractivity (Wildman–Crippen MR) is 53.6 cm³/mol. The minimum absolute atomic E-state index is 0.302. The first kappa shape index (κ1) is 13.6. The molecule has 0 amide bonds. The molecule has 0 fully saturated rings. The minimum Gasteiger partial charge on any atom is -0.504 e. The number of phenolic OH excluding ortho intramolecular Hbond substituents is 1. The average molecular weight is 251 g/mol. The van der Waals surface area contributed by atoms with Gasteiger partial charge in [0.2, 0.25) is 0 Å². The van der Waals surface area contributed by atoms with Crippen LogP contribution in [0.25, 0.3) is 0 Å². The zero-order valence-electron chi connectivity index (χ0n) is 8.95. The number of aliphatic hydroxyl groups excluding tert-OH is 1. The number of alkyl halides is 2. The summed E-state index contributed by atoms with van der Waals surface area (Å²) in [5, 5.41) is 18.0. The fourth-order valence-corrected chi connectivity index (χ4v) is 1.31. The van der Waals surface area contributed by atoms with E-state index in [1.165, 1.54) is 0 Å². The normalized spacial score (nSPS) is 13.5. The van der Waals surface area contributed by atoms with Crippen LogP contribution in [0.5, 0.6) is 11.5 Å². The molecule has 0 saturated heterocycles. The van der Waals surface area contributed by atoms with E-state index in [1.54, 1.807) is 0 Å². The van der Waals surface area contributed by atoms with E-state index in [-0.39, 0.29) is 5.75 Å². The lowest BCUT2D eigenvalue weighted by molar-refractivity contribution is -0.0716. The number of rotatable bonds is 4. The molecule has 0 aliphatic carbocycles. The predicted octanol–water partition coefficient (Wildman–Crippen LogP) is 1.17. The van der Waals surface area contributed by atoms with Gasteiger partial charge in [0.05, 0.1) is 7.11 Å². The maximum Gasteiger partial charge on any atom is 0.289 e. The third kappa shape index (κ3) is 2.62. The van der Waals surface area contributed by atoms with Crippen molar-refractivity contribution < 1.29 is 28.1 Å². The fraction of sp³-hybridized carbons (Fsp3) is 0.400. The van der Waals surface area contributed by atoms with Crippen LogP contribution in [0.1, 0.15) is 11.6 Å². The van der Waals surface area contributed by atoms with Gasteiger partial charge in [0.15, 0.2) is 11.5 Å². The molecule has 4 nitrogen and oxygen atoms in total. The molecule has 17 heavy (non-hydrogen) atoms. The summed E-state index contributed by atoms with van der Waals surface area (Å²) in [6.07, 6.45) is 0. The highest BCUT2D eigenvalue weighted by Gasteiger charge is 2.39. The maximum absolute atomic E-state index is 13.1. The zero-order chi connectivity index (χ0) is 13.2. The van der Waals surface area contributed by atoms with E-state index in [2.05, 4.69) is 4.74 Å². The van der Waals surface area contributed by atoms with Crippen molar-refractivity contribution in [1.29, 1.82) is 0 Å². The van der Waals surface area contributed by atoms with Gasteiger partial charge in [-0.2, -0.15) is 0 Å². The van der Waals surface area contributed by atoms with E-state index in [0.717, 1.165) is 13.2 Å². The van der Waals surface area contributed by atoms with Crippen LogP contribution in [0.3, 0.4) is 0 Å². The smallest absolute Gasteiger partial charge is 0.289 e. The maximum atomic E-state index is 13.1. The number of halogens is 3. The van der Waals surface area contributed by atoms with Crippen molar-refractivity contribution in [3.8, 4) is 11.5 Å². The second-order valence-corrected chi connectivity index (χ2v) is 3.44. The Kier molecular flexibility index (Phi) is 3.84. The van der Waals surface area contributed by atoms with Crippen LogP contribution < -0.4 is 10.5 Å². The molecular weight excluding hydrogens is 239 g/mol. The molecule has 0 bridgehead atoms. The molecule has 1 atom stereocenters. The lowest BCUT2D eigenvalue weighted by Crippen LogP contribution is -2.36. The third-order valence-electron chi connectivity index (χ3n) is 2.29. The van der Waals surface area contributed by atoms with Crippen molar-refractivity contribution in [3.05, 3.63) is 23.5 Å². The zero-order valence-corrected chi connectivity index (χ0v) is 8.95. The van der Waals surface area contributed by atoms with E-state index < -0.39 is 35.7 Å². The summed E-state index contributed by atoms with van der Waals surface area (Å²) in [6.45, 7) is -1.51. The minimum atomic E-state index is -3.67. The second kappa shape index (κ2) is 4.80. The first-order valence-corrected chi connectivity index (χ1v) is 4.64. The molecule has 0 saturated carbocycles. The van der Waals surface area contributed by atoms with Crippen LogP contribution in [0.4, 0.5) is 13.2 Å². The summed E-state index contributed by atoms with van der Waals surface area (Å²) in [7, 11) is 1.15. The Bertz CT molecular complexity index is 412. The second-order valence-electron chi connectivity index (χ2n) is 3.44. The fourth-order valence-electron chi connectivity index (χ4n) is 1.31. The monoisotopic (exact) mass is 251 g/mol. The summed E-state index contributed by atoms with van der Waals surface area (Å²) in [5.41, 5.74) is 4.66. The topological polar surface area (TPSA) is 75.7 Å². The van der Waals surface area contributed by atoms with Gasteiger partial charge in [-0.25, -0.2) is 13.2 Å². The average Bonchev–Trinajstić information content (AvgIpc) is 2.30. The van der Waals surface area contributed by atoms with Gasteiger partial charge in [0, 0.05) is 11.6 Å². The van der Waals surface area contributed by atoms with Gasteiger partial charge in [-0.15, -0.1) is 0 Å². The van der Waals surface area contributed by atoms with E-state index in [0.29, 0.717) is 6.07 Å². The number of benzene rings is 1. The number of hydrogen-bond donors (Lipinski definition) is 3. The first-order valence-electron chi connectivity index (χ1n) is 4.64. The van der Waals surface area contributed by atoms with Gasteiger partial charge in [0.25, 0.3) is 5.92 Å². The number of ether oxygens (including phenoxy) is 1. The molecule has 0 aromatic heterocycles. The Morgan fingerprint density at radius 2 is 2.06 bits per heavy atom. The molecule has 0 aliphatic heterocycles. The van der Waals surface area contributed by atoms with Crippen LogP contribution in [-0.2, 0) is 0 Å². The van der Waals surface area contributed by atoms with E-state index >= 15 is 0 Å². The molecule has 1 aromatic carbocycles. The molecule has 0 spiro atoms. The third-order valence-corrected chi connectivity index (χ3v) is 2.29. The highest BCUT2D eigenvalue weighted by Crippen LogP contribution is 2.39. The van der Waals surface area contributed by atoms with Gasteiger partial charge >= 0.3 is 0 Å². The van der Waals surface area contributed by atoms with Crippen molar-refractivity contribution in [2.75, 3.05) is 13.7 Å². The van der Waals surface area contributed by atoms with Crippen LogP contribution in [0.15, 0.2) is 12.1 Å². The van der Waals surface area contributed by atoms with Crippen molar-refractivity contribution in [3.63, 3.8) is 0 Å². The Labute approximate surface area is 95.4 Å². The Balaban J connectivity index is 3.26. The molecule has 7 heteroatoms. The van der Waals surface area contributed by atoms with E-state index in [4.69, 9.17) is 10.8 Å². The highest BCUT2D eigenvalue weighted by molar-refractivity contribution is 5.47. The first-order chi connectivity index (χ1) is 7.83. The number of methoxy groups -OCH3 is 1. The molecule has 1 rings (SSSR count). The Morgan fingerprint density at radius 3 is 2.53 bits per heavy atom. The molecule has 0 heterocycles. The van der Waals surface area contributed by atoms with Gasteiger partial charge in [-0.05, 0) is 6.07 Å². The van der Waals surface area contributed by atoms with Crippen LogP contribution in [0.2, 0.25) is 0 Å². The standard InChI is InChI=1S/C10H12F3NO3/c1-17-7-3-5(11)2-6(8(7)16)9(14)10(12,13)4-15/h2-3,9,15-16H,4,14H2,1H3/t9-/m0/s1. The number of aliphatic hydroxyl groups is 1. The number of phenols is 1. The lowest BCUT2D eigenvalue weighted by Gasteiger charge is -2.23. The molecule has 0 aliphatic rings. The molecule has 0 radical (unpaired) electrons. The van der Waals surface area contributed by atoms with Gasteiger partial charge < -0.3 is 20.7 Å². The molecule has 1 aromatic rings. The Hall–Kier alpha value is -1.47. The van der Waals surface area contributed by atoms with Crippen molar-refractivity contribution >= 4 is 0 Å². The molecule has 96 valence electrons. The molecular formula is C10H12F3NO3. The number of nitrogens with two attached hydrogens (primary N) is 1. The summed E-state index contributed by atoms with van der Waals surface area (Å²) >= 11 is 0. The SMILES string of the molecule is COc1cc(F)cc([C@H](N)C(F)(F)CO)c1O. The lowest BCUT2D eigenvalue weighted by atomic mass is 10.00. The number of aromatic hydroxyl groups is 1. The van der Waals surface area contributed by atoms with Crippen LogP contribution >= 0.6 is 0 Å². The van der Waals surface area contributed by atoms with Crippen molar-refractivity contribution in [1.82, 2.24) is 0 Å². The molecule has 0 unspecified atom stereocenters. The van der Waals surface area contributed by atoms with Gasteiger partial charge in [-0.1, -0.05) is 0 Å². The quantitative estimate of drug-likeness (QED) is 0.750. The van der Waals surface area contributed by atoms with Crippen molar-refractivity contribution in [2.45, 2.75) is 12.0 Å². The van der Waals surface area contributed by atoms with Crippen molar-refractivity contribution in [2.24, 2.45) is 5.73 Å². The summed E-state index contributed by atoms with van der Waals surface area (Å²) < 4.78 is 44.0. The summed E-state index contributed by atoms with van der Waals surface area (Å²) in [6, 6.07) is -0.522. The van der Waals surface area contributed by atoms with Gasteiger partial charge in [-0.3, -0.25) is 0 Å². The molecule has 4 N–H and O–H groups in total. The summed E-state index contributed by atoms with van der Waals surface area (Å²) in [4.78, 5) is 0. The van der Waals surface area contributed by atoms with Crippen LogP contribution in [0, 0.1) is 5.82 Å². The number of hydrogen-bond acceptors (Lipinski definition) is 4. The largest absolute Gasteiger partial charge is 0.504 e.